The van der Waals surface area contributed by atoms with Crippen molar-refractivity contribution in [2.75, 3.05) is 17.3 Å². The molecule has 0 saturated carbocycles. The molecule has 1 aromatic heterocycles. The average molecular weight is 276 g/mol. The quantitative estimate of drug-likeness (QED) is 0.506. The van der Waals surface area contributed by atoms with E-state index in [4.69, 9.17) is 5.73 Å². The van der Waals surface area contributed by atoms with Crippen molar-refractivity contribution in [2.45, 2.75) is 4.90 Å². The lowest BCUT2D eigenvalue weighted by Crippen LogP contribution is -2.01. The van der Waals surface area contributed by atoms with Crippen molar-refractivity contribution < 1.29 is 4.92 Å². The van der Waals surface area contributed by atoms with Gasteiger partial charge >= 0.3 is 5.69 Å². The number of para-hydroxylation sites is 1. The number of hydrogen-bond acceptors (Lipinski definition) is 6. The largest absolute Gasteiger partial charge is 0.378 e. The predicted molar refractivity (Wildman–Crippen MR) is 76.8 cm³/mol. The molecule has 0 unspecified atom stereocenters. The van der Waals surface area contributed by atoms with Crippen molar-refractivity contribution in [3.05, 3.63) is 46.5 Å². The minimum absolute atomic E-state index is 0.100. The Kier molecular flexibility index (Phi) is 3.86. The Bertz CT molecular complexity index is 618. The fourth-order valence-corrected chi connectivity index (χ4v) is 2.13. The third-order valence-electron chi connectivity index (χ3n) is 2.47. The Morgan fingerprint density at radius 3 is 2.68 bits per heavy atom. The summed E-state index contributed by atoms with van der Waals surface area (Å²) in [5, 5.41) is 13.7. The third-order valence-corrected chi connectivity index (χ3v) is 3.26. The number of thioether (sulfide) groups is 1. The highest BCUT2D eigenvalue weighted by atomic mass is 32.2. The SMILES string of the molecule is CSc1ccccc1Nc1ccc([N+](=O)[O-])c(N)n1. The van der Waals surface area contributed by atoms with E-state index in [2.05, 4.69) is 10.3 Å². The maximum atomic E-state index is 10.7. The van der Waals surface area contributed by atoms with Crippen molar-refractivity contribution in [1.29, 1.82) is 0 Å². The van der Waals surface area contributed by atoms with Crippen LogP contribution in [0.25, 0.3) is 0 Å². The molecule has 19 heavy (non-hydrogen) atoms. The van der Waals surface area contributed by atoms with Crippen LogP contribution in [-0.4, -0.2) is 16.2 Å². The van der Waals surface area contributed by atoms with E-state index < -0.39 is 4.92 Å². The van der Waals surface area contributed by atoms with E-state index in [1.165, 1.54) is 12.1 Å². The van der Waals surface area contributed by atoms with Gasteiger partial charge in [0, 0.05) is 11.0 Å². The Balaban J connectivity index is 2.29. The molecule has 3 N–H and O–H groups in total. The first-order valence-electron chi connectivity index (χ1n) is 5.43. The number of nitrogens with one attached hydrogen (secondary N) is 1. The van der Waals surface area contributed by atoms with Crippen LogP contribution in [-0.2, 0) is 0 Å². The van der Waals surface area contributed by atoms with Crippen LogP contribution >= 0.6 is 11.8 Å². The summed E-state index contributed by atoms with van der Waals surface area (Å²) in [5.41, 5.74) is 6.24. The number of pyridine rings is 1. The lowest BCUT2D eigenvalue weighted by molar-refractivity contribution is -0.384. The van der Waals surface area contributed by atoms with E-state index in [0.29, 0.717) is 5.82 Å². The predicted octanol–water partition coefficient (Wildman–Crippen LogP) is 3.04. The molecule has 0 atom stereocenters. The number of nitro groups is 1. The van der Waals surface area contributed by atoms with Crippen LogP contribution < -0.4 is 11.1 Å². The van der Waals surface area contributed by atoms with E-state index in [-0.39, 0.29) is 11.5 Å². The smallest absolute Gasteiger partial charge is 0.311 e. The summed E-state index contributed by atoms with van der Waals surface area (Å²) in [4.78, 5) is 15.1. The number of nitrogen functional groups attached to an aromatic ring is 1. The van der Waals surface area contributed by atoms with E-state index in [0.717, 1.165) is 10.6 Å². The van der Waals surface area contributed by atoms with Crippen LogP contribution in [0.1, 0.15) is 0 Å². The maximum absolute atomic E-state index is 10.7. The van der Waals surface area contributed by atoms with E-state index >= 15 is 0 Å². The molecule has 2 aromatic rings. The highest BCUT2D eigenvalue weighted by molar-refractivity contribution is 7.98. The lowest BCUT2D eigenvalue weighted by Gasteiger charge is -2.09. The van der Waals surface area contributed by atoms with Gasteiger partial charge in [0.1, 0.15) is 5.82 Å². The number of aromatic nitrogens is 1. The second-order valence-corrected chi connectivity index (χ2v) is 4.53. The first kappa shape index (κ1) is 13.2. The highest BCUT2D eigenvalue weighted by Crippen LogP contribution is 2.28. The van der Waals surface area contributed by atoms with Crippen LogP contribution in [0.3, 0.4) is 0 Å². The van der Waals surface area contributed by atoms with Crippen LogP contribution in [0.2, 0.25) is 0 Å². The zero-order valence-electron chi connectivity index (χ0n) is 10.2. The molecular formula is C12H12N4O2S. The summed E-state index contributed by atoms with van der Waals surface area (Å²) < 4.78 is 0. The first-order chi connectivity index (χ1) is 9.11. The molecular weight excluding hydrogens is 264 g/mol. The van der Waals surface area contributed by atoms with Crippen molar-refractivity contribution in [1.82, 2.24) is 4.98 Å². The first-order valence-corrected chi connectivity index (χ1v) is 6.65. The van der Waals surface area contributed by atoms with E-state index in [9.17, 15) is 10.1 Å². The molecule has 0 fully saturated rings. The topological polar surface area (TPSA) is 94.1 Å². The zero-order chi connectivity index (χ0) is 13.8. The summed E-state index contributed by atoms with van der Waals surface area (Å²) in [5.74, 6) is 0.376. The summed E-state index contributed by atoms with van der Waals surface area (Å²) >= 11 is 1.60. The average Bonchev–Trinajstić information content (AvgIpc) is 2.39. The molecule has 1 heterocycles. The van der Waals surface area contributed by atoms with Gasteiger partial charge in [0.2, 0.25) is 5.82 Å². The molecule has 1 aromatic carbocycles. The molecule has 0 spiro atoms. The van der Waals surface area contributed by atoms with Crippen LogP contribution in [0.15, 0.2) is 41.3 Å². The van der Waals surface area contributed by atoms with Gasteiger partial charge in [-0.05, 0) is 24.5 Å². The van der Waals surface area contributed by atoms with Gasteiger partial charge in [0.15, 0.2) is 0 Å². The molecule has 0 bridgehead atoms. The molecule has 7 heteroatoms. The molecule has 2 rings (SSSR count). The standard InChI is InChI=1S/C12H12N4O2S/c1-19-10-5-3-2-4-8(10)14-11-7-6-9(16(17)18)12(13)15-11/h2-7H,1H3,(H3,13,14,15). The number of rotatable bonds is 4. The molecule has 0 radical (unpaired) electrons. The van der Waals surface area contributed by atoms with E-state index in [1.807, 2.05) is 30.5 Å². The maximum Gasteiger partial charge on any atom is 0.311 e. The van der Waals surface area contributed by atoms with Gasteiger partial charge in [-0.2, -0.15) is 0 Å². The summed E-state index contributed by atoms with van der Waals surface area (Å²) in [6.07, 6.45) is 1.97. The molecule has 0 aliphatic heterocycles. The molecule has 0 amide bonds. The number of nitrogens with two attached hydrogens (primary N) is 1. The van der Waals surface area contributed by atoms with Crippen LogP contribution in [0, 0.1) is 10.1 Å². The fraction of sp³-hybridized carbons (Fsp3) is 0.0833. The zero-order valence-corrected chi connectivity index (χ0v) is 11.0. The molecule has 0 aliphatic rings. The Morgan fingerprint density at radius 1 is 1.32 bits per heavy atom. The number of nitrogens with zero attached hydrogens (tertiary/aromatic N) is 2. The van der Waals surface area contributed by atoms with E-state index in [1.54, 1.807) is 11.8 Å². The third kappa shape index (κ3) is 2.94. The summed E-state index contributed by atoms with van der Waals surface area (Å²) in [6, 6.07) is 10.6. The summed E-state index contributed by atoms with van der Waals surface area (Å²) in [7, 11) is 0. The van der Waals surface area contributed by atoms with Gasteiger partial charge in [-0.3, -0.25) is 10.1 Å². The van der Waals surface area contributed by atoms with Crippen molar-refractivity contribution in [2.24, 2.45) is 0 Å². The van der Waals surface area contributed by atoms with Gasteiger partial charge in [-0.1, -0.05) is 12.1 Å². The monoisotopic (exact) mass is 276 g/mol. The number of benzene rings is 1. The lowest BCUT2D eigenvalue weighted by atomic mass is 10.3. The van der Waals surface area contributed by atoms with Gasteiger partial charge in [0.05, 0.1) is 10.6 Å². The summed E-state index contributed by atoms with van der Waals surface area (Å²) in [6.45, 7) is 0. The van der Waals surface area contributed by atoms with Gasteiger partial charge in [-0.25, -0.2) is 4.98 Å². The second kappa shape index (κ2) is 5.57. The van der Waals surface area contributed by atoms with Crippen molar-refractivity contribution in [3.63, 3.8) is 0 Å². The van der Waals surface area contributed by atoms with Gasteiger partial charge in [0.25, 0.3) is 0 Å². The second-order valence-electron chi connectivity index (χ2n) is 3.68. The van der Waals surface area contributed by atoms with Crippen molar-refractivity contribution >= 4 is 34.8 Å². The minimum Gasteiger partial charge on any atom is -0.378 e. The highest BCUT2D eigenvalue weighted by Gasteiger charge is 2.13. The molecule has 0 aliphatic carbocycles. The normalized spacial score (nSPS) is 10.2. The van der Waals surface area contributed by atoms with Crippen molar-refractivity contribution in [3.8, 4) is 0 Å². The molecule has 6 nitrogen and oxygen atoms in total. The van der Waals surface area contributed by atoms with Crippen LogP contribution in [0.5, 0.6) is 0 Å². The fourth-order valence-electron chi connectivity index (χ4n) is 1.58. The van der Waals surface area contributed by atoms with Gasteiger partial charge in [-0.15, -0.1) is 11.8 Å². The Morgan fingerprint density at radius 2 is 2.05 bits per heavy atom. The van der Waals surface area contributed by atoms with Gasteiger partial charge < -0.3 is 11.1 Å². The number of hydrogen-bond donors (Lipinski definition) is 2. The Labute approximate surface area is 114 Å². The molecule has 0 saturated heterocycles. The Hall–Kier alpha value is -2.28. The minimum atomic E-state index is -0.554. The van der Waals surface area contributed by atoms with Crippen LogP contribution in [0.4, 0.5) is 23.0 Å². The number of anilines is 3. The molecule has 98 valence electrons.